The van der Waals surface area contributed by atoms with E-state index in [9.17, 15) is 0 Å². The lowest BCUT2D eigenvalue weighted by atomic mass is 9.96. The molecule has 1 N–H and O–H groups in total. The Morgan fingerprint density at radius 3 is 2.95 bits per heavy atom. The van der Waals surface area contributed by atoms with Crippen LogP contribution in [-0.2, 0) is 0 Å². The summed E-state index contributed by atoms with van der Waals surface area (Å²) >= 11 is 2.02. The molecule has 0 saturated heterocycles. The minimum absolute atomic E-state index is 0.555. The molecular weight excluding hydrogens is 250 g/mol. The minimum Gasteiger partial charge on any atom is -0.287 e. The predicted molar refractivity (Wildman–Crippen MR) is 82.9 cm³/mol. The Labute approximate surface area is 120 Å². The van der Waals surface area contributed by atoms with Crippen LogP contribution in [0.1, 0.15) is 33.1 Å². The van der Waals surface area contributed by atoms with Crippen molar-refractivity contribution in [2.24, 2.45) is 0 Å². The molecule has 100 valence electrons. The highest BCUT2D eigenvalue weighted by Crippen LogP contribution is 2.34. The van der Waals surface area contributed by atoms with Crippen molar-refractivity contribution in [1.82, 2.24) is 0 Å². The van der Waals surface area contributed by atoms with E-state index >= 15 is 0 Å². The molecule has 2 unspecified atom stereocenters. The molecule has 3 rings (SSSR count). The van der Waals surface area contributed by atoms with Gasteiger partial charge in [0, 0.05) is 6.07 Å². The summed E-state index contributed by atoms with van der Waals surface area (Å²) in [5, 5.41) is 0.555. The third-order valence-corrected chi connectivity index (χ3v) is 5.33. The molecule has 1 aliphatic carbocycles. The van der Waals surface area contributed by atoms with Crippen LogP contribution in [0.25, 0.3) is 0 Å². The number of thioether (sulfide) groups is 1. The molecule has 0 radical (unpaired) electrons. The highest BCUT2D eigenvalue weighted by molar-refractivity contribution is 8.00. The monoisotopic (exact) mass is 272 g/mol. The van der Waals surface area contributed by atoms with Gasteiger partial charge < -0.3 is 0 Å². The van der Waals surface area contributed by atoms with Gasteiger partial charge in [-0.2, -0.15) is 0 Å². The van der Waals surface area contributed by atoms with Crippen LogP contribution in [0.3, 0.4) is 0 Å². The smallest absolute Gasteiger partial charge is 0.163 e. The van der Waals surface area contributed by atoms with E-state index in [-0.39, 0.29) is 0 Å². The molecule has 0 saturated carbocycles. The van der Waals surface area contributed by atoms with Gasteiger partial charge in [0.15, 0.2) is 5.37 Å². The van der Waals surface area contributed by atoms with Gasteiger partial charge in [0.1, 0.15) is 5.69 Å². The lowest BCUT2D eigenvalue weighted by molar-refractivity contribution is -0.833. The van der Waals surface area contributed by atoms with Gasteiger partial charge in [-0.15, -0.1) is 0 Å². The Morgan fingerprint density at radius 2 is 2.16 bits per heavy atom. The number of para-hydroxylation sites is 1. The molecule has 1 nitrogen and oxygen atoms in total. The molecule has 0 fully saturated rings. The molecule has 0 aromatic heterocycles. The molecule has 1 heterocycles. The van der Waals surface area contributed by atoms with Gasteiger partial charge in [0.2, 0.25) is 0 Å². The number of quaternary nitrogens is 1. The Hall–Kier alpha value is -0.990. The van der Waals surface area contributed by atoms with Gasteiger partial charge in [-0.25, -0.2) is 0 Å². The molecular formula is C17H22NS+. The molecule has 0 bridgehead atoms. The quantitative estimate of drug-likeness (QED) is 0.860. The highest BCUT2D eigenvalue weighted by atomic mass is 32.2. The van der Waals surface area contributed by atoms with Crippen molar-refractivity contribution in [2.75, 3.05) is 6.54 Å². The van der Waals surface area contributed by atoms with Crippen molar-refractivity contribution < 1.29 is 4.90 Å². The third kappa shape index (κ3) is 2.65. The largest absolute Gasteiger partial charge is 0.287 e. The molecule has 1 aromatic rings. The Kier molecular flexibility index (Phi) is 3.81. The molecule has 2 atom stereocenters. The maximum atomic E-state index is 2.51. The summed E-state index contributed by atoms with van der Waals surface area (Å²) in [7, 11) is 0. The Balaban J connectivity index is 1.87. The van der Waals surface area contributed by atoms with Crippen molar-refractivity contribution in [3.8, 4) is 0 Å². The first-order valence-electron chi connectivity index (χ1n) is 7.27. The molecule has 2 heteroatoms. The van der Waals surface area contributed by atoms with E-state index in [0.29, 0.717) is 5.37 Å². The van der Waals surface area contributed by atoms with Gasteiger partial charge in [0.05, 0.1) is 11.4 Å². The van der Waals surface area contributed by atoms with Gasteiger partial charge in [-0.3, -0.25) is 4.90 Å². The average Bonchev–Trinajstić information content (AvgIpc) is 2.75. The standard InChI is InChI=1S/C17H21NS/c1-3-18-15-9-4-5-10-16(15)19-17(18)12-14-8-6-7-13(2)11-14/h4-5,9-12,17H,3,6-8H2,1-2H3/p+1/b14-12+. The second-order valence-electron chi connectivity index (χ2n) is 5.50. The summed E-state index contributed by atoms with van der Waals surface area (Å²) in [4.78, 5) is 3.06. The van der Waals surface area contributed by atoms with Crippen LogP contribution in [0.2, 0.25) is 0 Å². The molecule has 2 aliphatic rings. The van der Waals surface area contributed by atoms with Crippen molar-refractivity contribution in [3.63, 3.8) is 0 Å². The molecule has 0 amide bonds. The number of allylic oxidation sites excluding steroid dienone is 3. The number of benzene rings is 1. The van der Waals surface area contributed by atoms with Gasteiger partial charge in [-0.1, -0.05) is 35.5 Å². The van der Waals surface area contributed by atoms with E-state index in [0.717, 1.165) is 6.54 Å². The van der Waals surface area contributed by atoms with Crippen LogP contribution in [0.4, 0.5) is 5.69 Å². The highest BCUT2D eigenvalue weighted by Gasteiger charge is 2.32. The van der Waals surface area contributed by atoms with E-state index in [1.807, 2.05) is 11.8 Å². The zero-order valence-electron chi connectivity index (χ0n) is 11.8. The molecule has 19 heavy (non-hydrogen) atoms. The molecule has 1 aromatic carbocycles. The summed E-state index contributed by atoms with van der Waals surface area (Å²) < 4.78 is 0. The lowest BCUT2D eigenvalue weighted by Crippen LogP contribution is -3.08. The first-order valence-corrected chi connectivity index (χ1v) is 8.15. The van der Waals surface area contributed by atoms with Crippen LogP contribution in [0.5, 0.6) is 0 Å². The number of rotatable bonds is 2. The minimum atomic E-state index is 0.555. The molecule has 1 aliphatic heterocycles. The number of fused-ring (bicyclic) bond motifs is 1. The maximum Gasteiger partial charge on any atom is 0.163 e. The van der Waals surface area contributed by atoms with Crippen molar-refractivity contribution >= 4 is 17.4 Å². The van der Waals surface area contributed by atoms with Crippen molar-refractivity contribution in [2.45, 2.75) is 43.4 Å². The van der Waals surface area contributed by atoms with Gasteiger partial charge in [0.25, 0.3) is 0 Å². The number of likely N-dealkylation sites (N-methyl/N-ethyl adjacent to an activating group) is 1. The SMILES string of the molecule is CC[NH+]1c2ccccc2SC1/C=C1/C=C(C)CCC1. The van der Waals surface area contributed by atoms with E-state index < -0.39 is 0 Å². The van der Waals surface area contributed by atoms with Gasteiger partial charge in [-0.05, 0) is 50.8 Å². The topological polar surface area (TPSA) is 4.44 Å². The first-order chi connectivity index (χ1) is 9.28. The zero-order valence-corrected chi connectivity index (χ0v) is 12.6. The van der Waals surface area contributed by atoms with E-state index in [1.165, 1.54) is 35.4 Å². The fraction of sp³-hybridized carbons (Fsp3) is 0.412. The third-order valence-electron chi connectivity index (χ3n) is 4.05. The lowest BCUT2D eigenvalue weighted by Gasteiger charge is -2.19. The van der Waals surface area contributed by atoms with Crippen LogP contribution >= 0.6 is 11.8 Å². The Morgan fingerprint density at radius 1 is 1.32 bits per heavy atom. The summed E-state index contributed by atoms with van der Waals surface area (Å²) in [6.07, 6.45) is 8.76. The maximum absolute atomic E-state index is 2.51. The number of hydrogen-bond acceptors (Lipinski definition) is 1. The average molecular weight is 272 g/mol. The zero-order chi connectivity index (χ0) is 13.2. The number of hydrogen-bond donors (Lipinski definition) is 1. The van der Waals surface area contributed by atoms with Crippen LogP contribution < -0.4 is 4.90 Å². The van der Waals surface area contributed by atoms with Crippen molar-refractivity contribution in [3.05, 3.63) is 47.6 Å². The fourth-order valence-corrected chi connectivity index (χ4v) is 4.52. The van der Waals surface area contributed by atoms with Crippen LogP contribution in [0, 0.1) is 0 Å². The van der Waals surface area contributed by atoms with Gasteiger partial charge >= 0.3 is 0 Å². The van der Waals surface area contributed by atoms with E-state index in [1.54, 1.807) is 10.5 Å². The summed E-state index contributed by atoms with van der Waals surface area (Å²) in [5.41, 5.74) is 4.56. The second-order valence-corrected chi connectivity index (χ2v) is 6.68. The number of nitrogens with one attached hydrogen (secondary N) is 1. The Bertz CT molecular complexity index is 530. The van der Waals surface area contributed by atoms with Crippen molar-refractivity contribution in [1.29, 1.82) is 0 Å². The van der Waals surface area contributed by atoms with E-state index in [2.05, 4.69) is 50.3 Å². The summed E-state index contributed by atoms with van der Waals surface area (Å²) in [5.74, 6) is 0. The first kappa shape index (κ1) is 13.0. The van der Waals surface area contributed by atoms with E-state index in [4.69, 9.17) is 0 Å². The fourth-order valence-electron chi connectivity index (χ4n) is 3.08. The molecule has 0 spiro atoms. The summed E-state index contributed by atoms with van der Waals surface area (Å²) in [6.45, 7) is 5.70. The van der Waals surface area contributed by atoms with Crippen LogP contribution in [-0.4, -0.2) is 11.9 Å². The predicted octanol–water partition coefficient (Wildman–Crippen LogP) is 3.71. The normalized spacial score (nSPS) is 28.3. The van der Waals surface area contributed by atoms with Crippen LogP contribution in [0.15, 0.2) is 52.5 Å². The second kappa shape index (κ2) is 5.56. The summed E-state index contributed by atoms with van der Waals surface area (Å²) in [6, 6.07) is 8.85.